The topological polar surface area (TPSA) is 105 Å². The Morgan fingerprint density at radius 2 is 1.74 bits per heavy atom. The van der Waals surface area contributed by atoms with Gasteiger partial charge in [0.1, 0.15) is 6.61 Å². The van der Waals surface area contributed by atoms with Crippen molar-refractivity contribution in [3.05, 3.63) is 65.9 Å². The number of hydrogen-bond donors (Lipinski definition) is 3. The highest BCUT2D eigenvalue weighted by atomic mass is 19.2. The molecule has 3 aromatic rings. The third kappa shape index (κ3) is 7.03. The number of hydrogen-bond acceptors (Lipinski definition) is 5. The maximum Gasteiger partial charge on any atom is 0.329 e. The van der Waals surface area contributed by atoms with E-state index in [0.717, 1.165) is 43.0 Å². The molecule has 9 heteroatoms. The zero-order valence-electron chi connectivity index (χ0n) is 21.2. The van der Waals surface area contributed by atoms with Crippen molar-refractivity contribution in [1.29, 1.82) is 0 Å². The maximum atomic E-state index is 14.3. The molecule has 204 valence electrons. The van der Waals surface area contributed by atoms with E-state index in [1.807, 2.05) is 35.0 Å². The van der Waals surface area contributed by atoms with Crippen LogP contribution in [-0.4, -0.2) is 57.0 Å². The molecule has 1 atom stereocenters. The van der Waals surface area contributed by atoms with Gasteiger partial charge >= 0.3 is 5.97 Å². The average Bonchev–Trinajstić information content (AvgIpc) is 3.28. The van der Waals surface area contributed by atoms with Crippen molar-refractivity contribution in [1.82, 2.24) is 9.78 Å². The predicted molar refractivity (Wildman–Crippen MR) is 138 cm³/mol. The summed E-state index contributed by atoms with van der Waals surface area (Å²) in [5, 5.41) is 33.0. The highest BCUT2D eigenvalue weighted by Crippen LogP contribution is 2.38. The summed E-state index contributed by atoms with van der Waals surface area (Å²) < 4.78 is 35.4. The summed E-state index contributed by atoms with van der Waals surface area (Å²) in [6, 6.07) is 13.5. The lowest BCUT2D eigenvalue weighted by molar-refractivity contribution is -0.142. The molecule has 0 bridgehead atoms. The summed E-state index contributed by atoms with van der Waals surface area (Å²) in [5.74, 6) is -2.18. The first kappa shape index (κ1) is 27.9. The fourth-order valence-electron chi connectivity index (χ4n) is 5.20. The van der Waals surface area contributed by atoms with E-state index in [1.165, 1.54) is 6.07 Å². The SMILES string of the molecule is O=C(O)COC[C@H]1CC[C@@H](Cn2nc(CC[C@H](O)CO)c(-c3ccc(F)c(F)c3)c2-c2ccccc2)CC1. The van der Waals surface area contributed by atoms with Crippen molar-refractivity contribution >= 4 is 5.97 Å². The lowest BCUT2D eigenvalue weighted by atomic mass is 9.82. The van der Waals surface area contributed by atoms with Crippen LogP contribution in [0.4, 0.5) is 8.78 Å². The fourth-order valence-corrected chi connectivity index (χ4v) is 5.20. The van der Waals surface area contributed by atoms with Gasteiger partial charge in [0.15, 0.2) is 11.6 Å². The van der Waals surface area contributed by atoms with E-state index in [9.17, 15) is 23.8 Å². The van der Waals surface area contributed by atoms with E-state index in [1.54, 1.807) is 6.07 Å². The van der Waals surface area contributed by atoms with Crippen LogP contribution in [0.3, 0.4) is 0 Å². The number of aliphatic hydroxyl groups is 2. The van der Waals surface area contributed by atoms with Crippen molar-refractivity contribution < 1.29 is 33.6 Å². The van der Waals surface area contributed by atoms with Crippen molar-refractivity contribution in [2.75, 3.05) is 19.8 Å². The number of aliphatic carboxylic acids is 1. The first-order chi connectivity index (χ1) is 18.4. The Labute approximate surface area is 220 Å². The second-order valence-corrected chi connectivity index (χ2v) is 10.0. The van der Waals surface area contributed by atoms with Crippen LogP contribution >= 0.6 is 0 Å². The molecule has 0 radical (unpaired) electrons. The summed E-state index contributed by atoms with van der Waals surface area (Å²) in [7, 11) is 0. The highest BCUT2D eigenvalue weighted by molar-refractivity contribution is 5.83. The maximum absolute atomic E-state index is 14.3. The molecule has 1 aliphatic carbocycles. The summed E-state index contributed by atoms with van der Waals surface area (Å²) in [6.07, 6.45) is 3.46. The summed E-state index contributed by atoms with van der Waals surface area (Å²) in [6.45, 7) is 0.417. The van der Waals surface area contributed by atoms with Gasteiger partial charge in [0, 0.05) is 17.7 Å². The molecular weight excluding hydrogens is 494 g/mol. The lowest BCUT2D eigenvalue weighted by Crippen LogP contribution is -2.23. The Kier molecular flexibility index (Phi) is 9.60. The number of benzene rings is 2. The third-order valence-corrected chi connectivity index (χ3v) is 7.18. The fraction of sp³-hybridized carbons (Fsp3) is 0.448. The van der Waals surface area contributed by atoms with Gasteiger partial charge in [-0.05, 0) is 68.1 Å². The van der Waals surface area contributed by atoms with E-state index < -0.39 is 23.7 Å². The second kappa shape index (κ2) is 13.1. The summed E-state index contributed by atoms with van der Waals surface area (Å²) >= 11 is 0. The van der Waals surface area contributed by atoms with Crippen LogP contribution < -0.4 is 0 Å². The molecule has 4 rings (SSSR count). The third-order valence-electron chi connectivity index (χ3n) is 7.18. The Morgan fingerprint density at radius 3 is 2.39 bits per heavy atom. The van der Waals surface area contributed by atoms with Gasteiger partial charge in [-0.25, -0.2) is 13.6 Å². The molecule has 0 unspecified atom stereocenters. The number of carboxylic acid groups (broad SMARTS) is 1. The molecule has 0 spiro atoms. The molecule has 7 nitrogen and oxygen atoms in total. The van der Waals surface area contributed by atoms with Crippen LogP contribution in [0, 0.1) is 23.5 Å². The standard InChI is InChI=1S/C29H34F2N2O5/c30-24-12-10-22(14-25(24)31)28-26(13-11-23(35)16-34)32-33(29(28)21-4-2-1-3-5-21)15-19-6-8-20(9-7-19)17-38-18-27(36)37/h1-5,10,12,14,19-20,23,34-35H,6-9,11,13,15-18H2,(H,36,37)/t19-,20+,23-/m0/s1. The van der Waals surface area contributed by atoms with Crippen LogP contribution in [0.15, 0.2) is 48.5 Å². The number of carbonyl (C=O) groups is 1. The minimum absolute atomic E-state index is 0.278. The summed E-state index contributed by atoms with van der Waals surface area (Å²) in [5.41, 5.74) is 3.54. The van der Waals surface area contributed by atoms with Gasteiger partial charge in [-0.1, -0.05) is 36.4 Å². The second-order valence-electron chi connectivity index (χ2n) is 10.0. The van der Waals surface area contributed by atoms with E-state index in [4.69, 9.17) is 14.9 Å². The number of aryl methyl sites for hydroxylation is 1. The van der Waals surface area contributed by atoms with Gasteiger partial charge in [-0.15, -0.1) is 0 Å². The van der Waals surface area contributed by atoms with Crippen molar-refractivity contribution in [2.24, 2.45) is 11.8 Å². The Balaban J connectivity index is 1.65. The molecular formula is C29H34F2N2O5. The molecule has 1 saturated carbocycles. The van der Waals surface area contributed by atoms with E-state index in [-0.39, 0.29) is 19.6 Å². The van der Waals surface area contributed by atoms with Crippen molar-refractivity contribution in [3.63, 3.8) is 0 Å². The van der Waals surface area contributed by atoms with Crippen molar-refractivity contribution in [2.45, 2.75) is 51.2 Å². The smallest absolute Gasteiger partial charge is 0.329 e. The van der Waals surface area contributed by atoms with Crippen LogP contribution in [0.5, 0.6) is 0 Å². The first-order valence-electron chi connectivity index (χ1n) is 13.0. The van der Waals surface area contributed by atoms with Gasteiger partial charge in [-0.2, -0.15) is 5.10 Å². The van der Waals surface area contributed by atoms with E-state index in [0.29, 0.717) is 48.2 Å². The molecule has 1 fully saturated rings. The normalized spacial score (nSPS) is 18.4. The lowest BCUT2D eigenvalue weighted by Gasteiger charge is -2.28. The summed E-state index contributed by atoms with van der Waals surface area (Å²) in [4.78, 5) is 10.7. The number of ether oxygens (including phenoxy) is 1. The highest BCUT2D eigenvalue weighted by Gasteiger charge is 2.27. The Morgan fingerprint density at radius 1 is 1.03 bits per heavy atom. The van der Waals surface area contributed by atoms with Crippen LogP contribution in [0.25, 0.3) is 22.4 Å². The van der Waals surface area contributed by atoms with Crippen LogP contribution in [0.1, 0.15) is 37.8 Å². The van der Waals surface area contributed by atoms with Gasteiger partial charge in [-0.3, -0.25) is 4.68 Å². The van der Waals surface area contributed by atoms with Gasteiger partial charge in [0.25, 0.3) is 0 Å². The van der Waals surface area contributed by atoms with Gasteiger partial charge in [0.2, 0.25) is 0 Å². The average molecular weight is 529 g/mol. The number of rotatable bonds is 12. The Bertz CT molecular complexity index is 1210. The monoisotopic (exact) mass is 528 g/mol. The van der Waals surface area contributed by atoms with E-state index >= 15 is 0 Å². The number of carboxylic acids is 1. The van der Waals surface area contributed by atoms with Crippen LogP contribution in [-0.2, 0) is 22.5 Å². The Hall–Kier alpha value is -3.14. The quantitative estimate of drug-likeness (QED) is 0.315. The molecule has 1 aliphatic rings. The molecule has 0 amide bonds. The molecule has 0 aliphatic heterocycles. The minimum Gasteiger partial charge on any atom is -0.480 e. The first-order valence-corrected chi connectivity index (χ1v) is 13.0. The van der Waals surface area contributed by atoms with Crippen LogP contribution in [0.2, 0.25) is 0 Å². The minimum atomic E-state index is -0.968. The molecule has 3 N–H and O–H groups in total. The predicted octanol–water partition coefficient (Wildman–Crippen LogP) is 4.69. The number of aliphatic hydroxyl groups excluding tert-OH is 2. The number of halogens is 2. The molecule has 0 saturated heterocycles. The largest absolute Gasteiger partial charge is 0.480 e. The number of aromatic nitrogens is 2. The van der Waals surface area contributed by atoms with Gasteiger partial charge in [0.05, 0.1) is 30.7 Å². The molecule has 2 aromatic carbocycles. The number of nitrogens with zero attached hydrogens (tertiary/aromatic N) is 2. The zero-order valence-corrected chi connectivity index (χ0v) is 21.2. The molecule has 1 heterocycles. The van der Waals surface area contributed by atoms with E-state index in [2.05, 4.69) is 0 Å². The van der Waals surface area contributed by atoms with Crippen molar-refractivity contribution in [3.8, 4) is 22.4 Å². The molecule has 38 heavy (non-hydrogen) atoms. The van der Waals surface area contributed by atoms with Gasteiger partial charge < -0.3 is 20.1 Å². The zero-order chi connectivity index (χ0) is 27.1. The molecule has 1 aromatic heterocycles.